The fourth-order valence-corrected chi connectivity index (χ4v) is 5.80. The summed E-state index contributed by atoms with van der Waals surface area (Å²) in [5.41, 5.74) is 4.91. The highest BCUT2D eigenvalue weighted by atomic mass is 15.3. The molecule has 3 unspecified atom stereocenters. The zero-order chi connectivity index (χ0) is 14.5. The van der Waals surface area contributed by atoms with Crippen molar-refractivity contribution in [1.82, 2.24) is 5.32 Å². The smallest absolute Gasteiger partial charge is 0.0513 e. The van der Waals surface area contributed by atoms with Gasteiger partial charge in [0.1, 0.15) is 0 Å². The normalized spacial score (nSPS) is 34.4. The van der Waals surface area contributed by atoms with Crippen molar-refractivity contribution in [3.63, 3.8) is 0 Å². The molecule has 22 heavy (non-hydrogen) atoms. The van der Waals surface area contributed by atoms with Gasteiger partial charge in [-0.3, -0.25) is 0 Å². The maximum atomic E-state index is 3.79. The molecule has 1 N–H and O–H groups in total. The molecule has 2 aliphatic heterocycles. The molecule has 2 heteroatoms. The minimum Gasteiger partial charge on any atom is -0.365 e. The van der Waals surface area contributed by atoms with Gasteiger partial charge in [-0.15, -0.1) is 0 Å². The van der Waals surface area contributed by atoms with E-state index in [1.807, 2.05) is 0 Å². The van der Waals surface area contributed by atoms with E-state index in [2.05, 4.69) is 28.4 Å². The lowest BCUT2D eigenvalue weighted by Crippen LogP contribution is -2.59. The fraction of sp³-hybridized carbons (Fsp3) is 0.700. The highest BCUT2D eigenvalue weighted by Crippen LogP contribution is 2.49. The first-order valence-electron chi connectivity index (χ1n) is 9.56. The van der Waals surface area contributed by atoms with Crippen LogP contribution >= 0.6 is 0 Å². The second-order valence-corrected chi connectivity index (χ2v) is 7.94. The zero-order valence-corrected chi connectivity index (χ0v) is 13.6. The summed E-state index contributed by atoms with van der Waals surface area (Å²) >= 11 is 0. The Bertz CT molecular complexity index is 559. The Kier molecular flexibility index (Phi) is 3.21. The summed E-state index contributed by atoms with van der Waals surface area (Å²) in [6, 6.07) is 9.04. The predicted molar refractivity (Wildman–Crippen MR) is 91.8 cm³/mol. The Morgan fingerprint density at radius 2 is 1.86 bits per heavy atom. The van der Waals surface area contributed by atoms with Crippen molar-refractivity contribution in [3.05, 3.63) is 29.3 Å². The van der Waals surface area contributed by atoms with Crippen LogP contribution in [0.1, 0.15) is 74.3 Å². The summed E-state index contributed by atoms with van der Waals surface area (Å²) < 4.78 is 0. The predicted octanol–water partition coefficient (Wildman–Crippen LogP) is 4.16. The Balaban J connectivity index is 1.52. The minimum atomic E-state index is 0.734. The topological polar surface area (TPSA) is 15.3 Å². The molecular weight excluding hydrogens is 268 g/mol. The summed E-state index contributed by atoms with van der Waals surface area (Å²) in [6.45, 7) is 2.37. The highest BCUT2D eigenvalue weighted by molar-refractivity contribution is 5.64. The van der Waals surface area contributed by atoms with Crippen LogP contribution in [0.4, 0.5) is 5.69 Å². The first-order chi connectivity index (χ1) is 10.9. The third-order valence-corrected chi connectivity index (χ3v) is 6.81. The molecule has 1 aromatic rings. The van der Waals surface area contributed by atoms with E-state index in [1.165, 1.54) is 57.9 Å². The average molecular weight is 296 g/mol. The Hall–Kier alpha value is -1.02. The van der Waals surface area contributed by atoms with Crippen LogP contribution in [0, 0.1) is 0 Å². The molecule has 2 aliphatic carbocycles. The lowest BCUT2D eigenvalue weighted by molar-refractivity contribution is 0.270. The van der Waals surface area contributed by atoms with Crippen LogP contribution in [0.15, 0.2) is 18.2 Å². The number of nitrogens with zero attached hydrogens (tertiary/aromatic N) is 1. The lowest BCUT2D eigenvalue weighted by atomic mass is 9.77. The summed E-state index contributed by atoms with van der Waals surface area (Å²) in [6.07, 6.45) is 11.3. The molecule has 0 spiro atoms. The number of hydrogen-bond donors (Lipinski definition) is 1. The monoisotopic (exact) mass is 296 g/mol. The van der Waals surface area contributed by atoms with Crippen LogP contribution in [0.25, 0.3) is 0 Å². The van der Waals surface area contributed by atoms with Gasteiger partial charge in [0, 0.05) is 30.7 Å². The van der Waals surface area contributed by atoms with Gasteiger partial charge in [-0.25, -0.2) is 0 Å². The van der Waals surface area contributed by atoms with Crippen molar-refractivity contribution in [2.75, 3.05) is 18.0 Å². The van der Waals surface area contributed by atoms with E-state index < -0.39 is 0 Å². The van der Waals surface area contributed by atoms with Crippen molar-refractivity contribution in [2.45, 2.75) is 75.3 Å². The van der Waals surface area contributed by atoms with Crippen molar-refractivity contribution in [2.24, 2.45) is 0 Å². The first kappa shape index (κ1) is 13.4. The Morgan fingerprint density at radius 1 is 0.955 bits per heavy atom. The molecule has 5 rings (SSSR count). The largest absolute Gasteiger partial charge is 0.365 e. The van der Waals surface area contributed by atoms with Crippen molar-refractivity contribution >= 4 is 5.69 Å². The second kappa shape index (κ2) is 5.26. The van der Waals surface area contributed by atoms with Gasteiger partial charge in [-0.05, 0) is 48.8 Å². The SMILES string of the molecule is c1cc2c(cc1C1CCCCC1)C1CCCC3NCCN2C31. The quantitative estimate of drug-likeness (QED) is 0.837. The number of anilines is 1. The molecule has 0 radical (unpaired) electrons. The summed E-state index contributed by atoms with van der Waals surface area (Å²) in [7, 11) is 0. The Labute approximate surface area is 134 Å². The van der Waals surface area contributed by atoms with E-state index in [-0.39, 0.29) is 0 Å². The molecule has 2 nitrogen and oxygen atoms in total. The van der Waals surface area contributed by atoms with Crippen LogP contribution in [0.3, 0.4) is 0 Å². The second-order valence-electron chi connectivity index (χ2n) is 7.94. The van der Waals surface area contributed by atoms with Crippen molar-refractivity contribution in [1.29, 1.82) is 0 Å². The van der Waals surface area contributed by atoms with Gasteiger partial charge in [0.15, 0.2) is 0 Å². The van der Waals surface area contributed by atoms with E-state index in [0.717, 1.165) is 30.5 Å². The van der Waals surface area contributed by atoms with Gasteiger partial charge in [-0.2, -0.15) is 0 Å². The molecule has 0 aromatic heterocycles. The van der Waals surface area contributed by atoms with Gasteiger partial charge >= 0.3 is 0 Å². The third kappa shape index (κ3) is 1.96. The summed E-state index contributed by atoms with van der Waals surface area (Å²) in [5.74, 6) is 1.64. The molecule has 2 heterocycles. The third-order valence-electron chi connectivity index (χ3n) is 6.81. The van der Waals surface area contributed by atoms with Gasteiger partial charge < -0.3 is 10.2 Å². The van der Waals surface area contributed by atoms with Crippen molar-refractivity contribution < 1.29 is 0 Å². The molecule has 1 aromatic carbocycles. The number of benzene rings is 1. The summed E-state index contributed by atoms with van der Waals surface area (Å²) in [4.78, 5) is 2.74. The van der Waals surface area contributed by atoms with E-state index >= 15 is 0 Å². The standard InChI is InChI=1S/C20H28N2/c1-2-5-14(6-3-1)15-9-10-19-17(13-15)16-7-4-8-18-20(16)22(19)12-11-21-18/h9-10,13-14,16,18,20-21H,1-8,11-12H2. The maximum Gasteiger partial charge on any atom is 0.0513 e. The summed E-state index contributed by atoms with van der Waals surface area (Å²) in [5, 5.41) is 3.79. The molecule has 0 bridgehead atoms. The van der Waals surface area contributed by atoms with Gasteiger partial charge in [-0.1, -0.05) is 37.8 Å². The van der Waals surface area contributed by atoms with Gasteiger partial charge in [0.25, 0.3) is 0 Å². The van der Waals surface area contributed by atoms with E-state index in [4.69, 9.17) is 0 Å². The fourth-order valence-electron chi connectivity index (χ4n) is 5.80. The van der Waals surface area contributed by atoms with Crippen LogP contribution in [0.2, 0.25) is 0 Å². The maximum absolute atomic E-state index is 3.79. The number of nitrogens with one attached hydrogen (secondary N) is 1. The molecule has 3 fully saturated rings. The number of rotatable bonds is 1. The number of fused-ring (bicyclic) bond motifs is 3. The van der Waals surface area contributed by atoms with E-state index in [1.54, 1.807) is 16.8 Å². The van der Waals surface area contributed by atoms with Crippen LogP contribution in [0.5, 0.6) is 0 Å². The molecule has 118 valence electrons. The molecule has 2 saturated carbocycles. The molecule has 3 atom stereocenters. The minimum absolute atomic E-state index is 0.734. The van der Waals surface area contributed by atoms with Gasteiger partial charge in [0.2, 0.25) is 0 Å². The highest BCUT2D eigenvalue weighted by Gasteiger charge is 2.46. The van der Waals surface area contributed by atoms with Gasteiger partial charge in [0.05, 0.1) is 6.04 Å². The molecule has 1 saturated heterocycles. The first-order valence-corrected chi connectivity index (χ1v) is 9.56. The van der Waals surface area contributed by atoms with Crippen LogP contribution in [-0.4, -0.2) is 25.2 Å². The Morgan fingerprint density at radius 3 is 2.77 bits per heavy atom. The van der Waals surface area contributed by atoms with E-state index in [9.17, 15) is 0 Å². The molecule has 0 amide bonds. The molecule has 4 aliphatic rings. The number of piperazine rings is 1. The molecular formula is C20H28N2. The van der Waals surface area contributed by atoms with Crippen LogP contribution < -0.4 is 10.2 Å². The van der Waals surface area contributed by atoms with E-state index in [0.29, 0.717) is 0 Å². The van der Waals surface area contributed by atoms with Crippen molar-refractivity contribution in [3.8, 4) is 0 Å². The lowest BCUT2D eigenvalue weighted by Gasteiger charge is -2.44. The van der Waals surface area contributed by atoms with Crippen LogP contribution in [-0.2, 0) is 0 Å². The average Bonchev–Trinajstić information content (AvgIpc) is 2.92. The zero-order valence-electron chi connectivity index (χ0n) is 13.6. The number of hydrogen-bond acceptors (Lipinski definition) is 2.